The monoisotopic (exact) mass is 354 g/mol. The van der Waals surface area contributed by atoms with Gasteiger partial charge in [0.15, 0.2) is 0 Å². The fourth-order valence-electron chi connectivity index (χ4n) is 4.01. The third kappa shape index (κ3) is 2.73. The Hall–Kier alpha value is -2.83. The molecular formula is C19H22N4O3. The van der Waals surface area contributed by atoms with Crippen LogP contribution in [0.4, 0.5) is 0 Å². The van der Waals surface area contributed by atoms with E-state index >= 15 is 0 Å². The molecule has 7 nitrogen and oxygen atoms in total. The van der Waals surface area contributed by atoms with Gasteiger partial charge in [-0.05, 0) is 38.8 Å². The van der Waals surface area contributed by atoms with E-state index in [9.17, 15) is 9.59 Å². The van der Waals surface area contributed by atoms with Crippen LogP contribution in [0.25, 0.3) is 11.0 Å². The van der Waals surface area contributed by atoms with Crippen molar-refractivity contribution >= 4 is 16.9 Å². The van der Waals surface area contributed by atoms with Gasteiger partial charge in [-0.3, -0.25) is 9.36 Å². The molecule has 4 rings (SSSR count). The zero-order valence-corrected chi connectivity index (χ0v) is 15.0. The summed E-state index contributed by atoms with van der Waals surface area (Å²) in [7, 11) is 0. The van der Waals surface area contributed by atoms with Gasteiger partial charge in [0.2, 0.25) is 5.91 Å². The van der Waals surface area contributed by atoms with E-state index in [1.54, 1.807) is 4.57 Å². The van der Waals surface area contributed by atoms with Crippen molar-refractivity contribution in [2.24, 2.45) is 0 Å². The van der Waals surface area contributed by atoms with E-state index in [-0.39, 0.29) is 17.6 Å². The molecule has 2 aromatic heterocycles. The lowest BCUT2D eigenvalue weighted by Gasteiger charge is -2.25. The number of benzene rings is 1. The summed E-state index contributed by atoms with van der Waals surface area (Å²) in [5.74, 6) is 0.838. The van der Waals surface area contributed by atoms with E-state index in [0.29, 0.717) is 13.0 Å². The van der Waals surface area contributed by atoms with Crippen molar-refractivity contribution < 1.29 is 9.32 Å². The van der Waals surface area contributed by atoms with Crippen LogP contribution in [0, 0.1) is 13.8 Å². The van der Waals surface area contributed by atoms with E-state index in [1.165, 1.54) is 0 Å². The van der Waals surface area contributed by atoms with Crippen LogP contribution in [0.5, 0.6) is 0 Å². The maximum atomic E-state index is 12.9. The lowest BCUT2D eigenvalue weighted by molar-refractivity contribution is -0.132. The molecule has 26 heavy (non-hydrogen) atoms. The number of H-pyrrole nitrogens is 1. The number of carbonyl (C=O) groups excluding carboxylic acids is 1. The number of carbonyl (C=O) groups is 1. The van der Waals surface area contributed by atoms with Gasteiger partial charge in [-0.15, -0.1) is 0 Å². The predicted molar refractivity (Wildman–Crippen MR) is 96.8 cm³/mol. The van der Waals surface area contributed by atoms with Crippen molar-refractivity contribution in [3.63, 3.8) is 0 Å². The molecular weight excluding hydrogens is 332 g/mol. The Morgan fingerprint density at radius 1 is 1.35 bits per heavy atom. The number of rotatable bonds is 4. The van der Waals surface area contributed by atoms with Crippen molar-refractivity contribution in [3.05, 3.63) is 51.8 Å². The van der Waals surface area contributed by atoms with Crippen molar-refractivity contribution in [3.8, 4) is 0 Å². The van der Waals surface area contributed by atoms with Gasteiger partial charge in [-0.2, -0.15) is 0 Å². The van der Waals surface area contributed by atoms with Crippen LogP contribution in [-0.2, 0) is 11.3 Å². The van der Waals surface area contributed by atoms with E-state index < -0.39 is 0 Å². The van der Waals surface area contributed by atoms with Crippen molar-refractivity contribution in [1.82, 2.24) is 19.6 Å². The number of amides is 1. The molecule has 1 aliphatic rings. The average molecular weight is 354 g/mol. The van der Waals surface area contributed by atoms with Crippen LogP contribution in [0.2, 0.25) is 0 Å². The minimum atomic E-state index is -0.178. The highest BCUT2D eigenvalue weighted by Crippen LogP contribution is 2.35. The maximum Gasteiger partial charge on any atom is 0.326 e. The average Bonchev–Trinajstić information content (AvgIpc) is 3.30. The Morgan fingerprint density at radius 2 is 2.15 bits per heavy atom. The summed E-state index contributed by atoms with van der Waals surface area (Å²) in [5, 5.41) is 4.02. The largest absolute Gasteiger partial charge is 0.361 e. The maximum absolute atomic E-state index is 12.9. The lowest BCUT2D eigenvalue weighted by Crippen LogP contribution is -2.32. The van der Waals surface area contributed by atoms with Crippen LogP contribution in [-0.4, -0.2) is 32.1 Å². The first-order chi connectivity index (χ1) is 12.6. The van der Waals surface area contributed by atoms with Crippen LogP contribution in [0.15, 0.2) is 33.6 Å². The number of para-hydroxylation sites is 2. The molecule has 1 saturated heterocycles. The van der Waals surface area contributed by atoms with E-state index in [4.69, 9.17) is 4.52 Å². The van der Waals surface area contributed by atoms with Crippen LogP contribution < -0.4 is 5.69 Å². The topological polar surface area (TPSA) is 84.1 Å². The van der Waals surface area contributed by atoms with Gasteiger partial charge in [0.1, 0.15) is 5.76 Å². The Bertz CT molecular complexity index is 994. The number of fused-ring (bicyclic) bond motifs is 1. The molecule has 7 heteroatoms. The molecule has 1 unspecified atom stereocenters. The van der Waals surface area contributed by atoms with Gasteiger partial charge in [0.05, 0.1) is 22.8 Å². The molecule has 0 spiro atoms. The summed E-state index contributed by atoms with van der Waals surface area (Å²) in [6, 6.07) is 7.55. The normalized spacial score (nSPS) is 17.3. The number of aromatic nitrogens is 3. The number of aryl methyl sites for hydroxylation is 3. The highest BCUT2D eigenvalue weighted by atomic mass is 16.5. The second-order valence-corrected chi connectivity index (χ2v) is 6.83. The first kappa shape index (κ1) is 16.6. The minimum absolute atomic E-state index is 0.0217. The number of nitrogens with one attached hydrogen (secondary N) is 1. The summed E-state index contributed by atoms with van der Waals surface area (Å²) in [6.45, 7) is 4.91. The number of aromatic amines is 1. The molecule has 0 radical (unpaired) electrons. The first-order valence-corrected chi connectivity index (χ1v) is 8.96. The Balaban J connectivity index is 1.53. The van der Waals surface area contributed by atoms with Crippen molar-refractivity contribution in [2.75, 3.05) is 6.54 Å². The first-order valence-electron chi connectivity index (χ1n) is 8.96. The summed E-state index contributed by atoms with van der Waals surface area (Å²) in [6.07, 6.45) is 2.18. The standard InChI is InChI=1S/C19H22N4O3/c1-12-18(13(2)26-21-12)16-8-5-10-22(16)17(24)9-11-23-15-7-4-3-6-14(15)20-19(23)25/h3-4,6-7,16H,5,8-11H2,1-2H3,(H,20,25). The highest BCUT2D eigenvalue weighted by molar-refractivity contribution is 5.78. The smallest absolute Gasteiger partial charge is 0.326 e. The summed E-state index contributed by atoms with van der Waals surface area (Å²) >= 11 is 0. The van der Waals surface area contributed by atoms with Crippen molar-refractivity contribution in [2.45, 2.75) is 45.7 Å². The molecule has 0 aliphatic carbocycles. The van der Waals surface area contributed by atoms with E-state index in [0.717, 1.165) is 47.4 Å². The van der Waals surface area contributed by atoms with Gasteiger partial charge in [-0.1, -0.05) is 17.3 Å². The Morgan fingerprint density at radius 3 is 2.92 bits per heavy atom. The number of hydrogen-bond donors (Lipinski definition) is 1. The molecule has 1 aromatic carbocycles. The van der Waals surface area contributed by atoms with Crippen LogP contribution >= 0.6 is 0 Å². The predicted octanol–water partition coefficient (Wildman–Crippen LogP) is 2.69. The van der Waals surface area contributed by atoms with E-state index in [1.807, 2.05) is 43.0 Å². The highest BCUT2D eigenvalue weighted by Gasteiger charge is 2.33. The fourth-order valence-corrected chi connectivity index (χ4v) is 4.01. The number of hydrogen-bond acceptors (Lipinski definition) is 4. The molecule has 3 aromatic rings. The third-order valence-corrected chi connectivity index (χ3v) is 5.23. The third-order valence-electron chi connectivity index (χ3n) is 5.23. The quantitative estimate of drug-likeness (QED) is 0.781. The summed E-state index contributed by atoms with van der Waals surface area (Å²) in [4.78, 5) is 29.8. The van der Waals surface area contributed by atoms with Crippen LogP contribution in [0.3, 0.4) is 0 Å². The van der Waals surface area contributed by atoms with Gasteiger partial charge in [0.25, 0.3) is 0 Å². The molecule has 0 saturated carbocycles. The number of imidazole rings is 1. The molecule has 1 amide bonds. The zero-order chi connectivity index (χ0) is 18.3. The second-order valence-electron chi connectivity index (χ2n) is 6.83. The second kappa shape index (κ2) is 6.48. The van der Waals surface area contributed by atoms with Gasteiger partial charge >= 0.3 is 5.69 Å². The Kier molecular flexibility index (Phi) is 4.14. The number of likely N-dealkylation sites (tertiary alicyclic amines) is 1. The molecule has 1 aliphatic heterocycles. The van der Waals surface area contributed by atoms with E-state index in [2.05, 4.69) is 10.1 Å². The molecule has 0 bridgehead atoms. The van der Waals surface area contributed by atoms with Gasteiger partial charge in [0, 0.05) is 25.1 Å². The molecule has 1 fully saturated rings. The Labute approximate surface area is 150 Å². The molecule has 1 atom stereocenters. The number of nitrogens with zero attached hydrogens (tertiary/aromatic N) is 3. The van der Waals surface area contributed by atoms with Crippen LogP contribution in [0.1, 0.15) is 42.3 Å². The molecule has 1 N–H and O–H groups in total. The zero-order valence-electron chi connectivity index (χ0n) is 15.0. The summed E-state index contributed by atoms with van der Waals surface area (Å²) in [5.41, 5.74) is 3.32. The van der Waals surface area contributed by atoms with Gasteiger partial charge < -0.3 is 14.4 Å². The molecule has 3 heterocycles. The van der Waals surface area contributed by atoms with Crippen molar-refractivity contribution in [1.29, 1.82) is 0 Å². The van der Waals surface area contributed by atoms with Gasteiger partial charge in [-0.25, -0.2) is 4.79 Å². The SMILES string of the molecule is Cc1noc(C)c1C1CCCN1C(=O)CCn1c(=O)[nH]c2ccccc21. The fraction of sp³-hybridized carbons (Fsp3) is 0.421. The minimum Gasteiger partial charge on any atom is -0.361 e. The molecule has 136 valence electrons. The summed E-state index contributed by atoms with van der Waals surface area (Å²) < 4.78 is 6.91. The lowest BCUT2D eigenvalue weighted by atomic mass is 10.0.